The average Bonchev–Trinajstić information content (AvgIpc) is 3.47. The molecule has 1 aliphatic rings. The van der Waals surface area contributed by atoms with Crippen molar-refractivity contribution in [2.24, 2.45) is 5.92 Å². The molecule has 0 radical (unpaired) electrons. The van der Waals surface area contributed by atoms with Crippen LogP contribution in [0.15, 0.2) is 29.4 Å². The molecule has 4 rings (SSSR count). The number of hydrogen-bond donors (Lipinski definition) is 1. The molecule has 10 heteroatoms. The van der Waals surface area contributed by atoms with Gasteiger partial charge < -0.3 is 19.4 Å². The fourth-order valence-electron chi connectivity index (χ4n) is 4.64. The first kappa shape index (κ1) is 28.2. The van der Waals surface area contributed by atoms with Crippen molar-refractivity contribution in [3.05, 3.63) is 51.7 Å². The summed E-state index contributed by atoms with van der Waals surface area (Å²) in [7, 11) is 1.37. The predicted octanol–water partition coefficient (Wildman–Crippen LogP) is 6.27. The van der Waals surface area contributed by atoms with Gasteiger partial charge in [0.05, 0.1) is 18.4 Å². The van der Waals surface area contributed by atoms with Crippen LogP contribution in [0, 0.1) is 5.92 Å². The second-order valence-electron chi connectivity index (χ2n) is 9.95. The first-order chi connectivity index (χ1) is 18.2. The molecule has 2 aromatic heterocycles. The number of fused-ring (bicyclic) bond motifs is 1. The molecule has 3 aromatic rings. The third-order valence-electron chi connectivity index (χ3n) is 6.77. The molecule has 1 N–H and O–H groups in total. The second-order valence-corrected chi connectivity index (χ2v) is 12.0. The molecule has 204 valence electrons. The maximum absolute atomic E-state index is 12.9. The number of thioether (sulfide) groups is 1. The van der Waals surface area contributed by atoms with E-state index in [2.05, 4.69) is 48.4 Å². The Morgan fingerprint density at radius 1 is 1.21 bits per heavy atom. The number of hydrogen-bond acceptors (Lipinski definition) is 8. The van der Waals surface area contributed by atoms with Gasteiger partial charge in [-0.15, -0.1) is 21.5 Å². The largest absolute Gasteiger partial charge is 0.483 e. The number of carbonyl (C=O) groups is 2. The van der Waals surface area contributed by atoms with E-state index in [9.17, 15) is 9.59 Å². The normalized spacial score (nSPS) is 15.7. The molecule has 0 saturated heterocycles. The Bertz CT molecular complexity index is 1280. The topological polar surface area (TPSA) is 95.3 Å². The summed E-state index contributed by atoms with van der Waals surface area (Å²) in [6.45, 7) is 11.1. The van der Waals surface area contributed by atoms with Crippen molar-refractivity contribution < 1.29 is 19.1 Å². The van der Waals surface area contributed by atoms with E-state index in [4.69, 9.17) is 9.47 Å². The van der Waals surface area contributed by atoms with E-state index in [1.807, 2.05) is 30.5 Å². The second kappa shape index (κ2) is 12.3. The number of rotatable bonds is 10. The Kier molecular flexibility index (Phi) is 9.15. The quantitative estimate of drug-likeness (QED) is 0.232. The number of nitrogens with one attached hydrogen (secondary N) is 1. The molecule has 2 heterocycles. The summed E-state index contributed by atoms with van der Waals surface area (Å²) < 4.78 is 13.1. The number of nitrogens with zero attached hydrogens (tertiary/aromatic N) is 3. The summed E-state index contributed by atoms with van der Waals surface area (Å²) in [5, 5.41) is 12.9. The van der Waals surface area contributed by atoms with Crippen LogP contribution in [0.4, 0.5) is 5.00 Å². The van der Waals surface area contributed by atoms with E-state index in [1.165, 1.54) is 35.8 Å². The van der Waals surface area contributed by atoms with Gasteiger partial charge in [-0.25, -0.2) is 4.79 Å². The lowest BCUT2D eigenvalue weighted by atomic mass is 9.88. The highest BCUT2D eigenvalue weighted by Gasteiger charge is 2.29. The Morgan fingerprint density at radius 3 is 2.61 bits per heavy atom. The Balaban J connectivity index is 1.42. The molecular formula is C28H36N4O4S2. The van der Waals surface area contributed by atoms with E-state index >= 15 is 0 Å². The molecule has 0 bridgehead atoms. The number of ether oxygens (including phenoxy) is 2. The van der Waals surface area contributed by atoms with Crippen LogP contribution in [-0.4, -0.2) is 39.5 Å². The lowest BCUT2D eigenvalue weighted by Gasteiger charge is -2.18. The molecule has 0 aliphatic heterocycles. The molecule has 0 spiro atoms. The van der Waals surface area contributed by atoms with Gasteiger partial charge >= 0.3 is 5.97 Å². The summed E-state index contributed by atoms with van der Waals surface area (Å²) in [6.07, 6.45) is 2.46. The van der Waals surface area contributed by atoms with Crippen molar-refractivity contribution in [2.45, 2.75) is 77.6 Å². The molecule has 1 aromatic carbocycles. The molecule has 2 unspecified atom stereocenters. The number of benzene rings is 1. The van der Waals surface area contributed by atoms with Crippen LogP contribution < -0.4 is 10.1 Å². The summed E-state index contributed by atoms with van der Waals surface area (Å²) in [6, 6.07) is 8.11. The number of aromatic nitrogens is 3. The minimum atomic E-state index is -0.400. The molecular weight excluding hydrogens is 520 g/mol. The van der Waals surface area contributed by atoms with Gasteiger partial charge in [0.15, 0.2) is 17.1 Å². The number of thiophene rings is 1. The summed E-state index contributed by atoms with van der Waals surface area (Å²) in [4.78, 5) is 26.6. The van der Waals surface area contributed by atoms with Crippen LogP contribution in [-0.2, 0) is 28.9 Å². The van der Waals surface area contributed by atoms with Gasteiger partial charge in [0, 0.05) is 11.4 Å². The minimum absolute atomic E-state index is 0.142. The van der Waals surface area contributed by atoms with Crippen LogP contribution in [0.5, 0.6) is 5.75 Å². The first-order valence-electron chi connectivity index (χ1n) is 13.1. The summed E-state index contributed by atoms with van der Waals surface area (Å²) >= 11 is 2.80. The SMILES string of the molecule is CCn1c(SCC(=O)Nc2sc3c(c2C(=O)OC)CCC(C)C3)nnc1C(C)Oc1ccc(C(C)C)cc1. The van der Waals surface area contributed by atoms with Crippen molar-refractivity contribution in [2.75, 3.05) is 18.2 Å². The summed E-state index contributed by atoms with van der Waals surface area (Å²) in [5.41, 5.74) is 2.78. The van der Waals surface area contributed by atoms with Gasteiger partial charge in [-0.05, 0) is 68.2 Å². The van der Waals surface area contributed by atoms with Crippen molar-refractivity contribution in [3.8, 4) is 5.75 Å². The zero-order valence-corrected chi connectivity index (χ0v) is 24.5. The smallest absolute Gasteiger partial charge is 0.341 e. The first-order valence-corrected chi connectivity index (χ1v) is 14.9. The van der Waals surface area contributed by atoms with Gasteiger partial charge in [-0.1, -0.05) is 44.7 Å². The van der Waals surface area contributed by atoms with Crippen molar-refractivity contribution in [1.29, 1.82) is 0 Å². The Morgan fingerprint density at radius 2 is 1.95 bits per heavy atom. The van der Waals surface area contributed by atoms with E-state index in [-0.39, 0.29) is 17.8 Å². The molecule has 0 saturated carbocycles. The van der Waals surface area contributed by atoms with Gasteiger partial charge in [0.2, 0.25) is 5.91 Å². The highest BCUT2D eigenvalue weighted by atomic mass is 32.2. The number of amides is 1. The third kappa shape index (κ3) is 6.23. The molecule has 1 amide bonds. The molecule has 8 nitrogen and oxygen atoms in total. The van der Waals surface area contributed by atoms with Gasteiger partial charge in [-0.2, -0.15) is 0 Å². The van der Waals surface area contributed by atoms with Crippen molar-refractivity contribution in [3.63, 3.8) is 0 Å². The maximum Gasteiger partial charge on any atom is 0.341 e. The van der Waals surface area contributed by atoms with Gasteiger partial charge in [0.25, 0.3) is 0 Å². The molecule has 1 aliphatic carbocycles. The fraction of sp³-hybridized carbons (Fsp3) is 0.500. The van der Waals surface area contributed by atoms with Crippen molar-refractivity contribution in [1.82, 2.24) is 14.8 Å². The lowest BCUT2D eigenvalue weighted by molar-refractivity contribution is -0.113. The summed E-state index contributed by atoms with van der Waals surface area (Å²) in [5.74, 6) is 2.04. The van der Waals surface area contributed by atoms with E-state index in [0.717, 1.165) is 35.5 Å². The molecule has 0 fully saturated rings. The van der Waals surface area contributed by atoms with E-state index in [0.29, 0.717) is 39.9 Å². The molecule has 38 heavy (non-hydrogen) atoms. The molecule has 2 atom stereocenters. The van der Waals surface area contributed by atoms with Crippen LogP contribution in [0.3, 0.4) is 0 Å². The number of carbonyl (C=O) groups excluding carboxylic acids is 2. The number of esters is 1. The Hall–Kier alpha value is -2.85. The highest BCUT2D eigenvalue weighted by molar-refractivity contribution is 7.99. The van der Waals surface area contributed by atoms with Crippen LogP contribution in [0.2, 0.25) is 0 Å². The zero-order chi connectivity index (χ0) is 27.4. The minimum Gasteiger partial charge on any atom is -0.483 e. The Labute approximate surface area is 232 Å². The van der Waals surface area contributed by atoms with Crippen LogP contribution >= 0.6 is 23.1 Å². The number of anilines is 1. The van der Waals surface area contributed by atoms with Gasteiger partial charge in [0.1, 0.15) is 10.8 Å². The van der Waals surface area contributed by atoms with Crippen LogP contribution in [0.25, 0.3) is 0 Å². The standard InChI is InChI=1S/C28H36N4O4S2/c1-7-32-25(18(5)36-20-11-9-19(10-12-20)16(2)3)30-31-28(32)37-15-23(33)29-26-24(27(34)35-6)21-13-8-17(4)14-22(21)38-26/h9-12,16-18H,7-8,13-15H2,1-6H3,(H,29,33). The number of methoxy groups -OCH3 is 1. The van der Waals surface area contributed by atoms with Crippen LogP contribution in [0.1, 0.15) is 85.2 Å². The van der Waals surface area contributed by atoms with Gasteiger partial charge in [-0.3, -0.25) is 4.79 Å². The highest BCUT2D eigenvalue weighted by Crippen LogP contribution is 2.40. The van der Waals surface area contributed by atoms with Crippen molar-refractivity contribution >= 4 is 40.0 Å². The fourth-order valence-corrected chi connectivity index (χ4v) is 6.87. The predicted molar refractivity (Wildman–Crippen MR) is 151 cm³/mol. The van der Waals surface area contributed by atoms with E-state index in [1.54, 1.807) is 0 Å². The maximum atomic E-state index is 12.9. The average molecular weight is 557 g/mol. The monoisotopic (exact) mass is 556 g/mol. The lowest BCUT2D eigenvalue weighted by Crippen LogP contribution is -2.17. The van der Waals surface area contributed by atoms with E-state index < -0.39 is 5.97 Å². The third-order valence-corrected chi connectivity index (χ3v) is 8.91. The zero-order valence-electron chi connectivity index (χ0n) is 22.9.